The van der Waals surface area contributed by atoms with Gasteiger partial charge in [0.05, 0.1) is 0 Å². The first kappa shape index (κ1) is 25.5. The Hall–Kier alpha value is -4.00. The van der Waals surface area contributed by atoms with E-state index in [9.17, 15) is 4.79 Å². The molecule has 208 valence electrons. The Morgan fingerprint density at radius 3 is 2.28 bits per heavy atom. The van der Waals surface area contributed by atoms with Gasteiger partial charge in [-0.05, 0) is 90.4 Å². The first-order chi connectivity index (χ1) is 21.0. The van der Waals surface area contributed by atoms with E-state index in [-0.39, 0.29) is 5.57 Å². The van der Waals surface area contributed by atoms with E-state index in [0.29, 0.717) is 5.92 Å². The van der Waals surface area contributed by atoms with Crippen LogP contribution < -0.4 is 4.90 Å². The van der Waals surface area contributed by atoms with Crippen LogP contribution in [0.1, 0.15) is 35.6 Å². The molecule has 6 aromatic rings. The fourth-order valence-corrected chi connectivity index (χ4v) is 11.9. The van der Waals surface area contributed by atoms with Crippen LogP contribution >= 0.6 is 45.3 Å². The normalized spacial score (nSPS) is 19.0. The van der Waals surface area contributed by atoms with Crippen molar-refractivity contribution < 1.29 is 9.90 Å². The van der Waals surface area contributed by atoms with Crippen LogP contribution in [0.3, 0.4) is 0 Å². The van der Waals surface area contributed by atoms with Gasteiger partial charge in [0.15, 0.2) is 0 Å². The molecule has 0 saturated heterocycles. The van der Waals surface area contributed by atoms with Gasteiger partial charge in [0, 0.05) is 61.3 Å². The Bertz CT molecular complexity index is 2170. The number of carboxylic acids is 1. The Kier molecular flexibility index (Phi) is 5.63. The summed E-state index contributed by atoms with van der Waals surface area (Å²) in [4.78, 5) is 18.3. The second kappa shape index (κ2) is 9.50. The van der Waals surface area contributed by atoms with E-state index in [1.807, 2.05) is 28.7 Å². The summed E-state index contributed by atoms with van der Waals surface area (Å²) in [5.41, 5.74) is 8.36. The highest BCUT2D eigenvalue weighted by molar-refractivity contribution is 7.34. The summed E-state index contributed by atoms with van der Waals surface area (Å²) in [5.74, 6) is 0.156. The fourth-order valence-electron chi connectivity index (χ4n) is 7.11. The second-order valence-corrected chi connectivity index (χ2v) is 15.7. The molecule has 9 rings (SSSR count). The number of benzene rings is 2. The molecule has 1 aliphatic heterocycles. The van der Waals surface area contributed by atoms with Crippen LogP contribution in [0.15, 0.2) is 89.6 Å². The lowest BCUT2D eigenvalue weighted by Gasteiger charge is -2.26. The third-order valence-corrected chi connectivity index (χ3v) is 13.7. The van der Waals surface area contributed by atoms with Crippen molar-refractivity contribution in [2.45, 2.75) is 25.2 Å². The molecule has 0 spiro atoms. The molecule has 4 nitrogen and oxygen atoms in total. The van der Waals surface area contributed by atoms with Gasteiger partial charge in [-0.25, -0.2) is 4.79 Å². The molecular formula is C35H22N2O2S4. The van der Waals surface area contributed by atoms with Gasteiger partial charge in [-0.15, -0.1) is 45.3 Å². The van der Waals surface area contributed by atoms with Crippen molar-refractivity contribution >= 4 is 87.6 Å². The molecular weight excluding hydrogens is 609 g/mol. The average Bonchev–Trinajstić information content (AvgIpc) is 3.84. The zero-order chi connectivity index (χ0) is 28.8. The summed E-state index contributed by atoms with van der Waals surface area (Å²) in [6, 6.07) is 28.7. The molecule has 0 amide bonds. The van der Waals surface area contributed by atoms with Crippen molar-refractivity contribution in [1.82, 2.24) is 0 Å². The lowest BCUT2D eigenvalue weighted by atomic mass is 9.86. The number of rotatable bonds is 5. The average molecular weight is 631 g/mol. The lowest BCUT2D eigenvalue weighted by Crippen LogP contribution is -2.16. The lowest BCUT2D eigenvalue weighted by molar-refractivity contribution is -0.132. The van der Waals surface area contributed by atoms with Crippen LogP contribution in [0.5, 0.6) is 0 Å². The second-order valence-electron chi connectivity index (χ2n) is 11.3. The highest BCUT2D eigenvalue weighted by Crippen LogP contribution is 2.62. The van der Waals surface area contributed by atoms with Crippen LogP contribution in [-0.4, -0.2) is 11.1 Å². The Morgan fingerprint density at radius 2 is 1.56 bits per heavy atom. The Morgan fingerprint density at radius 1 is 0.884 bits per heavy atom. The number of nitrogens with zero attached hydrogens (tertiary/aromatic N) is 2. The first-order valence-electron chi connectivity index (χ1n) is 14.2. The smallest absolute Gasteiger partial charge is 0.346 e. The van der Waals surface area contributed by atoms with E-state index in [4.69, 9.17) is 10.4 Å². The van der Waals surface area contributed by atoms with Crippen LogP contribution in [0, 0.1) is 17.2 Å². The van der Waals surface area contributed by atoms with Crippen LogP contribution in [0.4, 0.5) is 11.4 Å². The maximum atomic E-state index is 11.2. The molecule has 1 saturated carbocycles. The van der Waals surface area contributed by atoms with Crippen molar-refractivity contribution in [3.05, 3.63) is 100 Å². The number of hydrogen-bond donors (Lipinski definition) is 1. The third-order valence-electron chi connectivity index (χ3n) is 8.93. The van der Waals surface area contributed by atoms with E-state index in [2.05, 4.69) is 71.6 Å². The Labute approximate surface area is 263 Å². The molecule has 43 heavy (non-hydrogen) atoms. The predicted octanol–water partition coefficient (Wildman–Crippen LogP) is 10.9. The summed E-state index contributed by atoms with van der Waals surface area (Å²) in [7, 11) is 0. The number of carbonyl (C=O) groups is 1. The standard InChI is InChI=1S/C35H22N2O2S4/c36-17-21(35(38)39)12-23-13-27-28(40-23)15-31(42-27)32-16-30-29(43-32)14-26(41-30)18-7-9-22(10-8-18)37-25-4-2-1-3-24(25)33-19-5-6-20(11-19)34(33)37/h1-4,7-10,12-16,19,33H,5-6,11H2,(H,38,39)/b21-12+. The number of aliphatic carboxylic acids is 1. The molecule has 2 aliphatic carbocycles. The Balaban J connectivity index is 0.990. The number of allylic oxidation sites excluding steroid dienone is 2. The minimum Gasteiger partial charge on any atom is -0.477 e. The van der Waals surface area contributed by atoms with Gasteiger partial charge in [0.25, 0.3) is 0 Å². The summed E-state index contributed by atoms with van der Waals surface area (Å²) >= 11 is 6.89. The molecule has 4 aromatic heterocycles. The predicted molar refractivity (Wildman–Crippen MR) is 181 cm³/mol. The maximum absolute atomic E-state index is 11.2. The van der Waals surface area contributed by atoms with Gasteiger partial charge in [-0.1, -0.05) is 30.3 Å². The maximum Gasteiger partial charge on any atom is 0.346 e. The van der Waals surface area contributed by atoms with Crippen LogP contribution in [-0.2, 0) is 4.79 Å². The number of nitriles is 1. The summed E-state index contributed by atoms with van der Waals surface area (Å²) in [5, 5.41) is 18.2. The number of para-hydroxylation sites is 1. The number of fused-ring (bicyclic) bond motifs is 8. The number of anilines is 2. The van der Waals surface area contributed by atoms with Gasteiger partial charge in [0.2, 0.25) is 0 Å². The topological polar surface area (TPSA) is 64.3 Å². The minimum absolute atomic E-state index is 0.244. The zero-order valence-corrected chi connectivity index (χ0v) is 25.9. The number of carboxylic acid groups (broad SMARTS) is 1. The van der Waals surface area contributed by atoms with Crippen LogP contribution in [0.2, 0.25) is 0 Å². The van der Waals surface area contributed by atoms with Gasteiger partial charge in [-0.2, -0.15) is 5.26 Å². The molecule has 2 unspecified atom stereocenters. The zero-order valence-electron chi connectivity index (χ0n) is 22.7. The van der Waals surface area contributed by atoms with E-state index >= 15 is 0 Å². The molecule has 0 radical (unpaired) electrons. The molecule has 2 aromatic carbocycles. The SMILES string of the molecule is N#C/C(=C\c1cc2sc(-c3cc4sc(-c5ccc(N6C7=C8CCC(C8)C7c7ccccc76)cc5)cc4s3)cc2s1)C(=O)O. The quantitative estimate of drug-likeness (QED) is 0.152. The van der Waals surface area contributed by atoms with Gasteiger partial charge in [0.1, 0.15) is 11.6 Å². The van der Waals surface area contributed by atoms with E-state index < -0.39 is 5.97 Å². The number of hydrogen-bond acceptors (Lipinski definition) is 7. The van der Waals surface area contributed by atoms with E-state index in [1.54, 1.807) is 28.7 Å². The molecule has 2 atom stereocenters. The molecule has 1 fully saturated rings. The molecule has 8 heteroatoms. The largest absolute Gasteiger partial charge is 0.477 e. The van der Waals surface area contributed by atoms with Crippen molar-refractivity contribution in [3.63, 3.8) is 0 Å². The number of thiophene rings is 4. The molecule has 3 aliphatic rings. The summed E-state index contributed by atoms with van der Waals surface area (Å²) < 4.78 is 4.82. The van der Waals surface area contributed by atoms with Gasteiger partial charge in [-0.3, -0.25) is 0 Å². The van der Waals surface area contributed by atoms with E-state index in [1.165, 1.54) is 83.2 Å². The highest BCUT2D eigenvalue weighted by atomic mass is 32.1. The third kappa shape index (κ3) is 3.93. The van der Waals surface area contributed by atoms with Crippen molar-refractivity contribution in [2.24, 2.45) is 5.92 Å². The molecule has 5 heterocycles. The van der Waals surface area contributed by atoms with E-state index in [0.717, 1.165) is 20.2 Å². The highest BCUT2D eigenvalue weighted by Gasteiger charge is 2.48. The summed E-state index contributed by atoms with van der Waals surface area (Å²) in [6.07, 6.45) is 5.31. The first-order valence-corrected chi connectivity index (χ1v) is 17.4. The summed E-state index contributed by atoms with van der Waals surface area (Å²) in [6.45, 7) is 0. The van der Waals surface area contributed by atoms with Crippen molar-refractivity contribution in [2.75, 3.05) is 4.90 Å². The van der Waals surface area contributed by atoms with Gasteiger partial charge >= 0.3 is 5.97 Å². The molecule has 2 bridgehead atoms. The van der Waals surface area contributed by atoms with Crippen LogP contribution in [0.25, 0.3) is 45.1 Å². The van der Waals surface area contributed by atoms with Crippen molar-refractivity contribution in [3.8, 4) is 26.3 Å². The van der Waals surface area contributed by atoms with Crippen molar-refractivity contribution in [1.29, 1.82) is 5.26 Å². The monoisotopic (exact) mass is 630 g/mol. The molecule has 1 N–H and O–H groups in total. The fraction of sp³-hybridized carbons (Fsp3) is 0.143. The minimum atomic E-state index is -1.20. The van der Waals surface area contributed by atoms with Gasteiger partial charge < -0.3 is 10.0 Å².